The summed E-state index contributed by atoms with van der Waals surface area (Å²) in [6.45, 7) is 8.59. The molecule has 0 saturated carbocycles. The summed E-state index contributed by atoms with van der Waals surface area (Å²) in [5.41, 5.74) is 1.97. The van der Waals surface area contributed by atoms with Crippen molar-refractivity contribution >= 4 is 17.4 Å². The highest BCUT2D eigenvalue weighted by Crippen LogP contribution is 2.31. The summed E-state index contributed by atoms with van der Waals surface area (Å²) < 4.78 is 5.91. The van der Waals surface area contributed by atoms with Crippen molar-refractivity contribution in [3.05, 3.63) is 40.2 Å². The zero-order valence-corrected chi connectivity index (χ0v) is 12.9. The standard InChI is InChI=1S/C15H18ClN3O/c1-5-17-13-8-14(19-11(4)18-13)20-15-9(2)6-12(16)7-10(15)3/h6-8H,5H2,1-4H3,(H,17,18,19). The molecular formula is C15H18ClN3O. The van der Waals surface area contributed by atoms with E-state index in [1.165, 1.54) is 0 Å². The van der Waals surface area contributed by atoms with Gasteiger partial charge in [0, 0.05) is 17.6 Å². The number of halogens is 1. The Labute approximate surface area is 124 Å². The molecule has 5 heteroatoms. The van der Waals surface area contributed by atoms with E-state index in [9.17, 15) is 0 Å². The third-order valence-corrected chi connectivity index (χ3v) is 3.02. The molecule has 1 aromatic heterocycles. The van der Waals surface area contributed by atoms with Crippen molar-refractivity contribution in [1.82, 2.24) is 9.97 Å². The van der Waals surface area contributed by atoms with Crippen LogP contribution in [0.5, 0.6) is 11.6 Å². The van der Waals surface area contributed by atoms with E-state index in [0.29, 0.717) is 16.7 Å². The Bertz CT molecular complexity index is 606. The SMILES string of the molecule is CCNc1cc(Oc2c(C)cc(Cl)cc2C)nc(C)n1. The molecule has 2 rings (SSSR count). The molecule has 0 spiro atoms. The average Bonchev–Trinajstić information content (AvgIpc) is 2.33. The minimum atomic E-state index is 0.530. The van der Waals surface area contributed by atoms with Gasteiger partial charge in [-0.05, 0) is 51.0 Å². The molecular weight excluding hydrogens is 274 g/mol. The molecule has 20 heavy (non-hydrogen) atoms. The quantitative estimate of drug-likeness (QED) is 0.913. The zero-order chi connectivity index (χ0) is 14.7. The molecule has 0 bridgehead atoms. The fourth-order valence-corrected chi connectivity index (χ4v) is 2.35. The fraction of sp³-hybridized carbons (Fsp3) is 0.333. The first-order chi connectivity index (χ1) is 9.49. The number of aryl methyl sites for hydroxylation is 3. The van der Waals surface area contributed by atoms with E-state index in [1.807, 2.05) is 39.8 Å². The molecule has 0 fully saturated rings. The Morgan fingerprint density at radius 2 is 1.75 bits per heavy atom. The third kappa shape index (κ3) is 3.39. The molecule has 0 aliphatic heterocycles. The van der Waals surface area contributed by atoms with E-state index in [4.69, 9.17) is 16.3 Å². The zero-order valence-electron chi connectivity index (χ0n) is 12.1. The van der Waals surface area contributed by atoms with E-state index in [2.05, 4.69) is 15.3 Å². The Kier molecular flexibility index (Phi) is 4.45. The second-order valence-electron chi connectivity index (χ2n) is 4.64. The number of nitrogens with zero attached hydrogens (tertiary/aromatic N) is 2. The summed E-state index contributed by atoms with van der Waals surface area (Å²) in [6, 6.07) is 5.55. The lowest BCUT2D eigenvalue weighted by atomic mass is 10.1. The van der Waals surface area contributed by atoms with Gasteiger partial charge in [-0.3, -0.25) is 0 Å². The Balaban J connectivity index is 2.35. The smallest absolute Gasteiger partial charge is 0.224 e. The first-order valence-corrected chi connectivity index (χ1v) is 6.91. The van der Waals surface area contributed by atoms with Crippen LogP contribution >= 0.6 is 11.6 Å². The summed E-state index contributed by atoms with van der Waals surface area (Å²) in [6.07, 6.45) is 0. The van der Waals surface area contributed by atoms with Crippen LogP contribution in [0.1, 0.15) is 23.9 Å². The molecule has 1 N–H and O–H groups in total. The number of hydrogen-bond donors (Lipinski definition) is 1. The van der Waals surface area contributed by atoms with Crippen LogP contribution in [0.2, 0.25) is 5.02 Å². The molecule has 0 unspecified atom stereocenters. The van der Waals surface area contributed by atoms with Crippen LogP contribution in [0.25, 0.3) is 0 Å². The second-order valence-corrected chi connectivity index (χ2v) is 5.08. The molecule has 0 atom stereocenters. The van der Waals surface area contributed by atoms with Crippen LogP contribution in [0.15, 0.2) is 18.2 Å². The number of ether oxygens (including phenoxy) is 1. The Morgan fingerprint density at radius 1 is 1.10 bits per heavy atom. The number of benzene rings is 1. The molecule has 0 radical (unpaired) electrons. The Morgan fingerprint density at radius 3 is 2.35 bits per heavy atom. The van der Waals surface area contributed by atoms with Gasteiger partial charge in [-0.1, -0.05) is 11.6 Å². The van der Waals surface area contributed by atoms with Crippen LogP contribution < -0.4 is 10.1 Å². The summed E-state index contributed by atoms with van der Waals surface area (Å²) in [5, 5.41) is 3.87. The lowest BCUT2D eigenvalue weighted by Crippen LogP contribution is -2.03. The predicted molar refractivity (Wildman–Crippen MR) is 81.9 cm³/mol. The predicted octanol–water partition coefficient (Wildman–Crippen LogP) is 4.28. The van der Waals surface area contributed by atoms with Gasteiger partial charge < -0.3 is 10.1 Å². The molecule has 0 aliphatic carbocycles. The van der Waals surface area contributed by atoms with E-state index in [-0.39, 0.29) is 0 Å². The number of aromatic nitrogens is 2. The van der Waals surface area contributed by atoms with Crippen LogP contribution in [0, 0.1) is 20.8 Å². The molecule has 4 nitrogen and oxygen atoms in total. The van der Waals surface area contributed by atoms with Crippen molar-refractivity contribution in [3.63, 3.8) is 0 Å². The molecule has 1 aromatic carbocycles. The first kappa shape index (κ1) is 14.6. The molecule has 2 aromatic rings. The maximum Gasteiger partial charge on any atom is 0.224 e. The Hall–Kier alpha value is -1.81. The average molecular weight is 292 g/mol. The van der Waals surface area contributed by atoms with Gasteiger partial charge in [0.15, 0.2) is 0 Å². The fourth-order valence-electron chi connectivity index (χ4n) is 2.03. The molecule has 1 heterocycles. The van der Waals surface area contributed by atoms with Gasteiger partial charge in [-0.25, -0.2) is 4.98 Å². The van der Waals surface area contributed by atoms with Gasteiger partial charge >= 0.3 is 0 Å². The first-order valence-electron chi connectivity index (χ1n) is 6.53. The molecule has 0 saturated heterocycles. The highest BCUT2D eigenvalue weighted by molar-refractivity contribution is 6.30. The normalized spacial score (nSPS) is 10.4. The summed E-state index contributed by atoms with van der Waals surface area (Å²) in [4.78, 5) is 8.61. The van der Waals surface area contributed by atoms with E-state index < -0.39 is 0 Å². The number of anilines is 1. The number of hydrogen-bond acceptors (Lipinski definition) is 4. The highest BCUT2D eigenvalue weighted by atomic mass is 35.5. The second kappa shape index (κ2) is 6.09. The van der Waals surface area contributed by atoms with Gasteiger partial charge in [0.05, 0.1) is 0 Å². The lowest BCUT2D eigenvalue weighted by Gasteiger charge is -2.13. The van der Waals surface area contributed by atoms with E-state index in [1.54, 1.807) is 6.07 Å². The van der Waals surface area contributed by atoms with Crippen molar-refractivity contribution in [2.45, 2.75) is 27.7 Å². The van der Waals surface area contributed by atoms with Crippen LogP contribution in [0.4, 0.5) is 5.82 Å². The minimum absolute atomic E-state index is 0.530. The lowest BCUT2D eigenvalue weighted by molar-refractivity contribution is 0.453. The van der Waals surface area contributed by atoms with Crippen LogP contribution in [-0.2, 0) is 0 Å². The van der Waals surface area contributed by atoms with Gasteiger partial charge in [-0.15, -0.1) is 0 Å². The summed E-state index contributed by atoms with van der Waals surface area (Å²) in [7, 11) is 0. The maximum atomic E-state index is 6.03. The van der Waals surface area contributed by atoms with E-state index >= 15 is 0 Å². The van der Waals surface area contributed by atoms with Crippen LogP contribution in [0.3, 0.4) is 0 Å². The monoisotopic (exact) mass is 291 g/mol. The van der Waals surface area contributed by atoms with Crippen molar-refractivity contribution in [3.8, 4) is 11.6 Å². The van der Waals surface area contributed by atoms with Gasteiger partial charge in [-0.2, -0.15) is 4.98 Å². The highest BCUT2D eigenvalue weighted by Gasteiger charge is 2.09. The molecule has 106 valence electrons. The van der Waals surface area contributed by atoms with Crippen LogP contribution in [-0.4, -0.2) is 16.5 Å². The van der Waals surface area contributed by atoms with Gasteiger partial charge in [0.2, 0.25) is 5.88 Å². The van der Waals surface area contributed by atoms with Crippen molar-refractivity contribution in [1.29, 1.82) is 0 Å². The summed E-state index contributed by atoms with van der Waals surface area (Å²) in [5.74, 6) is 2.75. The maximum absolute atomic E-state index is 6.03. The van der Waals surface area contributed by atoms with Crippen molar-refractivity contribution < 1.29 is 4.74 Å². The number of nitrogens with one attached hydrogen (secondary N) is 1. The molecule has 0 aliphatic rings. The minimum Gasteiger partial charge on any atom is -0.438 e. The van der Waals surface area contributed by atoms with Crippen molar-refractivity contribution in [2.24, 2.45) is 0 Å². The molecule has 0 amide bonds. The largest absolute Gasteiger partial charge is 0.438 e. The number of rotatable bonds is 4. The van der Waals surface area contributed by atoms with Crippen molar-refractivity contribution in [2.75, 3.05) is 11.9 Å². The summed E-state index contributed by atoms with van der Waals surface area (Å²) >= 11 is 6.03. The van der Waals surface area contributed by atoms with Gasteiger partial charge in [0.25, 0.3) is 0 Å². The topological polar surface area (TPSA) is 47.0 Å². The van der Waals surface area contributed by atoms with Gasteiger partial charge in [0.1, 0.15) is 17.4 Å². The van der Waals surface area contributed by atoms with E-state index in [0.717, 1.165) is 29.2 Å². The third-order valence-electron chi connectivity index (χ3n) is 2.80.